The number of aryl methyl sites for hydroxylation is 1. The maximum absolute atomic E-state index is 13.3. The number of amides is 2. The number of hydrogen-bond acceptors (Lipinski definition) is 4. The van der Waals surface area contributed by atoms with Gasteiger partial charge in [0.05, 0.1) is 7.11 Å². The molecule has 0 saturated carbocycles. The number of carbonyl (C=O) groups is 1. The van der Waals surface area contributed by atoms with Crippen LogP contribution in [-0.4, -0.2) is 36.7 Å². The Morgan fingerprint density at radius 2 is 1.66 bits per heavy atom. The average molecular weight is 617 g/mol. The number of halogens is 2. The molecule has 230 valence electrons. The third kappa shape index (κ3) is 8.66. The molecule has 0 spiro atoms. The van der Waals surface area contributed by atoms with E-state index in [2.05, 4.69) is 12.2 Å². The van der Waals surface area contributed by atoms with Gasteiger partial charge in [-0.3, -0.25) is 0 Å². The summed E-state index contributed by atoms with van der Waals surface area (Å²) in [6.45, 7) is 3.69. The molecule has 8 heteroatoms. The molecule has 0 bridgehead atoms. The van der Waals surface area contributed by atoms with Crippen molar-refractivity contribution < 1.29 is 23.4 Å². The molecule has 1 N–H and O–H groups in total. The second-order valence-corrected chi connectivity index (χ2v) is 11.8. The summed E-state index contributed by atoms with van der Waals surface area (Å²) in [5.74, 6) is 2.18. The van der Waals surface area contributed by atoms with Crippen molar-refractivity contribution in [3.8, 4) is 17.2 Å². The second-order valence-electron chi connectivity index (χ2n) is 11.4. The lowest BCUT2D eigenvalue weighted by Crippen LogP contribution is -2.40. The Kier molecular flexibility index (Phi) is 10.3. The molecule has 0 saturated heterocycles. The second kappa shape index (κ2) is 14.5. The van der Waals surface area contributed by atoms with E-state index in [9.17, 15) is 9.18 Å². The molecule has 5 rings (SSSR count). The first-order valence-corrected chi connectivity index (χ1v) is 15.3. The van der Waals surface area contributed by atoms with E-state index in [-0.39, 0.29) is 17.4 Å². The Labute approximate surface area is 263 Å². The van der Waals surface area contributed by atoms with Gasteiger partial charge in [0.15, 0.2) is 0 Å². The lowest BCUT2D eigenvalue weighted by Gasteiger charge is -2.36. The van der Waals surface area contributed by atoms with Crippen LogP contribution in [0.1, 0.15) is 42.9 Å². The molecule has 0 radical (unpaired) electrons. The van der Waals surface area contributed by atoms with Gasteiger partial charge in [-0.25, -0.2) is 9.18 Å². The summed E-state index contributed by atoms with van der Waals surface area (Å²) in [5.41, 5.74) is 3.53. The Bertz CT molecular complexity index is 1530. The Balaban J connectivity index is 1.17. The molecule has 6 nitrogen and oxygen atoms in total. The standard InChI is InChI=1S/C36H38ClFN2O4/c1-36(21-18-28-24-33(16-17-34(28)44-36)43-25-27-4-10-30(38)11-5-27)20-3-22-40(23-19-26-6-14-32(42-2)15-7-26)35(41)39-31-12-8-29(37)9-13-31/h4-17,24H,3,18-23,25H2,1-2H3,(H,39,41). The van der Waals surface area contributed by atoms with Crippen LogP contribution in [-0.2, 0) is 19.4 Å². The number of nitrogens with zero attached hydrogens (tertiary/aromatic N) is 1. The number of methoxy groups -OCH3 is 1. The maximum Gasteiger partial charge on any atom is 0.321 e. The fourth-order valence-corrected chi connectivity index (χ4v) is 5.46. The van der Waals surface area contributed by atoms with E-state index >= 15 is 0 Å². The van der Waals surface area contributed by atoms with Crippen LogP contribution in [0.4, 0.5) is 14.9 Å². The minimum atomic E-state index is -0.336. The SMILES string of the molecule is COc1ccc(CCN(CCCC2(C)CCc3cc(OCc4ccc(F)cc4)ccc3O2)C(=O)Nc2ccc(Cl)cc2)cc1. The smallest absolute Gasteiger partial charge is 0.321 e. The number of rotatable bonds is 12. The number of ether oxygens (including phenoxy) is 3. The highest BCUT2D eigenvalue weighted by molar-refractivity contribution is 6.30. The van der Waals surface area contributed by atoms with Gasteiger partial charge in [0.2, 0.25) is 0 Å². The van der Waals surface area contributed by atoms with Crippen LogP contribution in [0.25, 0.3) is 0 Å². The van der Waals surface area contributed by atoms with E-state index in [1.165, 1.54) is 12.1 Å². The van der Waals surface area contributed by atoms with E-state index in [1.54, 1.807) is 43.5 Å². The van der Waals surface area contributed by atoms with E-state index in [0.717, 1.165) is 66.0 Å². The van der Waals surface area contributed by atoms with Crippen molar-refractivity contribution in [2.45, 2.75) is 51.2 Å². The highest BCUT2D eigenvalue weighted by Gasteiger charge is 2.31. The van der Waals surface area contributed by atoms with Crippen LogP contribution in [0.3, 0.4) is 0 Å². The van der Waals surface area contributed by atoms with Crippen molar-refractivity contribution in [1.29, 1.82) is 0 Å². The highest BCUT2D eigenvalue weighted by Crippen LogP contribution is 2.37. The number of benzene rings is 4. The van der Waals surface area contributed by atoms with Crippen molar-refractivity contribution in [2.75, 3.05) is 25.5 Å². The summed E-state index contributed by atoms with van der Waals surface area (Å²) < 4.78 is 30.9. The summed E-state index contributed by atoms with van der Waals surface area (Å²) in [4.78, 5) is 15.2. The lowest BCUT2D eigenvalue weighted by atomic mass is 9.88. The average Bonchev–Trinajstić information content (AvgIpc) is 3.03. The molecule has 1 aliphatic rings. The summed E-state index contributed by atoms with van der Waals surface area (Å²) in [6.07, 6.45) is 4.07. The monoisotopic (exact) mass is 616 g/mol. The summed E-state index contributed by atoms with van der Waals surface area (Å²) in [5, 5.41) is 3.63. The number of fused-ring (bicyclic) bond motifs is 1. The topological polar surface area (TPSA) is 60.0 Å². The van der Waals surface area contributed by atoms with Gasteiger partial charge in [0, 0.05) is 23.8 Å². The zero-order valence-electron chi connectivity index (χ0n) is 25.2. The van der Waals surface area contributed by atoms with Gasteiger partial charge in [-0.1, -0.05) is 35.9 Å². The first kappa shape index (κ1) is 31.2. The van der Waals surface area contributed by atoms with Gasteiger partial charge in [-0.15, -0.1) is 0 Å². The van der Waals surface area contributed by atoms with Gasteiger partial charge < -0.3 is 24.4 Å². The Morgan fingerprint density at radius 1 is 0.955 bits per heavy atom. The van der Waals surface area contributed by atoms with Gasteiger partial charge >= 0.3 is 6.03 Å². The zero-order chi connectivity index (χ0) is 30.9. The molecule has 0 aliphatic carbocycles. The van der Waals surface area contributed by atoms with E-state index < -0.39 is 0 Å². The molecule has 4 aromatic carbocycles. The zero-order valence-corrected chi connectivity index (χ0v) is 25.9. The van der Waals surface area contributed by atoms with Crippen molar-refractivity contribution in [2.24, 2.45) is 0 Å². The maximum atomic E-state index is 13.3. The van der Waals surface area contributed by atoms with Crippen molar-refractivity contribution in [1.82, 2.24) is 4.90 Å². The number of carbonyl (C=O) groups excluding carboxylic acids is 1. The van der Waals surface area contributed by atoms with Crippen LogP contribution >= 0.6 is 11.6 Å². The molecular formula is C36H38ClFN2O4. The predicted molar refractivity (Wildman–Crippen MR) is 173 cm³/mol. The molecule has 0 fully saturated rings. The van der Waals surface area contributed by atoms with Gasteiger partial charge in [0.25, 0.3) is 0 Å². The van der Waals surface area contributed by atoms with Crippen LogP contribution in [0.5, 0.6) is 17.2 Å². The third-order valence-electron chi connectivity index (χ3n) is 7.98. The highest BCUT2D eigenvalue weighted by atomic mass is 35.5. The molecular weight excluding hydrogens is 579 g/mol. The van der Waals surface area contributed by atoms with Crippen LogP contribution in [0.2, 0.25) is 5.02 Å². The van der Waals surface area contributed by atoms with Crippen molar-refractivity contribution in [3.05, 3.63) is 119 Å². The number of nitrogens with one attached hydrogen (secondary N) is 1. The number of hydrogen-bond donors (Lipinski definition) is 1. The fourth-order valence-electron chi connectivity index (χ4n) is 5.33. The minimum Gasteiger partial charge on any atom is -0.497 e. The van der Waals surface area contributed by atoms with Crippen LogP contribution < -0.4 is 19.5 Å². The minimum absolute atomic E-state index is 0.144. The molecule has 44 heavy (non-hydrogen) atoms. The summed E-state index contributed by atoms with van der Waals surface area (Å²) in [7, 11) is 1.65. The molecule has 4 aromatic rings. The molecule has 1 unspecified atom stereocenters. The van der Waals surface area contributed by atoms with Crippen molar-refractivity contribution in [3.63, 3.8) is 0 Å². The Morgan fingerprint density at radius 3 is 2.39 bits per heavy atom. The van der Waals surface area contributed by atoms with Gasteiger partial charge in [-0.2, -0.15) is 0 Å². The fraction of sp³-hybridized carbons (Fsp3) is 0.306. The molecule has 1 aliphatic heterocycles. The molecule has 1 atom stereocenters. The Hall–Kier alpha value is -4.23. The van der Waals surface area contributed by atoms with Gasteiger partial charge in [-0.05, 0) is 122 Å². The number of anilines is 1. The summed E-state index contributed by atoms with van der Waals surface area (Å²) in [6, 6.07) is 27.1. The van der Waals surface area contributed by atoms with Crippen LogP contribution in [0.15, 0.2) is 91.0 Å². The first-order valence-electron chi connectivity index (χ1n) is 14.9. The quantitative estimate of drug-likeness (QED) is 0.173. The molecule has 0 aromatic heterocycles. The normalized spacial score (nSPS) is 15.5. The molecule has 1 heterocycles. The predicted octanol–water partition coefficient (Wildman–Crippen LogP) is 8.71. The van der Waals surface area contributed by atoms with E-state index in [0.29, 0.717) is 30.4 Å². The molecule has 2 amide bonds. The van der Waals surface area contributed by atoms with Gasteiger partial charge in [0.1, 0.15) is 35.3 Å². The van der Waals surface area contributed by atoms with Crippen LogP contribution in [0, 0.1) is 5.82 Å². The van der Waals surface area contributed by atoms with E-state index in [1.807, 2.05) is 47.4 Å². The van der Waals surface area contributed by atoms with E-state index in [4.69, 9.17) is 25.8 Å². The third-order valence-corrected chi connectivity index (χ3v) is 8.23. The van der Waals surface area contributed by atoms with Crippen molar-refractivity contribution >= 4 is 23.3 Å². The summed E-state index contributed by atoms with van der Waals surface area (Å²) >= 11 is 6.03. The first-order chi connectivity index (χ1) is 21.3. The number of urea groups is 1. The lowest BCUT2D eigenvalue weighted by molar-refractivity contribution is 0.0518. The largest absolute Gasteiger partial charge is 0.497 e.